The van der Waals surface area contributed by atoms with Crippen molar-refractivity contribution < 1.29 is 9.53 Å². The van der Waals surface area contributed by atoms with Crippen LogP contribution in [0.3, 0.4) is 0 Å². The molecule has 1 saturated heterocycles. The molecule has 3 aromatic rings. The van der Waals surface area contributed by atoms with Crippen LogP contribution in [0.15, 0.2) is 91.0 Å². The second-order valence-electron chi connectivity index (χ2n) is 7.87. The van der Waals surface area contributed by atoms with Gasteiger partial charge < -0.3 is 9.64 Å². The van der Waals surface area contributed by atoms with Crippen LogP contribution in [-0.4, -0.2) is 37.1 Å². The summed E-state index contributed by atoms with van der Waals surface area (Å²) in [7, 11) is 2.10. The van der Waals surface area contributed by atoms with E-state index >= 15 is 0 Å². The molecule has 0 N–H and O–H groups in total. The first-order valence-corrected chi connectivity index (χ1v) is 10.2. The molecule has 0 aliphatic carbocycles. The Morgan fingerprint density at radius 3 is 1.93 bits per heavy atom. The van der Waals surface area contributed by atoms with Crippen LogP contribution in [-0.2, 0) is 21.4 Å². The van der Waals surface area contributed by atoms with E-state index in [0.717, 1.165) is 30.6 Å². The lowest BCUT2D eigenvalue weighted by atomic mass is 9.72. The molecule has 1 heterocycles. The van der Waals surface area contributed by atoms with Gasteiger partial charge in [-0.3, -0.25) is 4.79 Å². The number of hydrogen-bond donors (Lipinski definition) is 0. The van der Waals surface area contributed by atoms with Crippen molar-refractivity contribution in [3.63, 3.8) is 0 Å². The van der Waals surface area contributed by atoms with E-state index in [1.54, 1.807) is 0 Å². The molecule has 0 amide bonds. The Labute approximate surface area is 172 Å². The predicted molar refractivity (Wildman–Crippen MR) is 116 cm³/mol. The van der Waals surface area contributed by atoms with E-state index in [1.165, 1.54) is 5.56 Å². The maximum Gasteiger partial charge on any atom is 0.321 e. The van der Waals surface area contributed by atoms with Gasteiger partial charge in [-0.1, -0.05) is 91.0 Å². The van der Waals surface area contributed by atoms with Crippen LogP contribution in [0.25, 0.3) is 0 Å². The highest BCUT2D eigenvalue weighted by Crippen LogP contribution is 2.43. The highest BCUT2D eigenvalue weighted by Gasteiger charge is 2.51. The first-order chi connectivity index (χ1) is 14.2. The van der Waals surface area contributed by atoms with Crippen molar-refractivity contribution in [2.75, 3.05) is 20.1 Å². The Kier molecular flexibility index (Phi) is 5.77. The summed E-state index contributed by atoms with van der Waals surface area (Å²) in [5.74, 6) is -0.142. The van der Waals surface area contributed by atoms with Crippen molar-refractivity contribution in [2.24, 2.45) is 0 Å². The lowest BCUT2D eigenvalue weighted by Gasteiger charge is -2.26. The number of hydrogen-bond acceptors (Lipinski definition) is 3. The molecule has 0 radical (unpaired) electrons. The molecule has 3 aromatic carbocycles. The quantitative estimate of drug-likeness (QED) is 0.562. The monoisotopic (exact) mass is 385 g/mol. The number of likely N-dealkylation sites (N-methyl/N-ethyl adjacent to an activating group) is 1. The summed E-state index contributed by atoms with van der Waals surface area (Å²) < 4.78 is 5.93. The van der Waals surface area contributed by atoms with Gasteiger partial charge in [-0.15, -0.1) is 0 Å². The lowest BCUT2D eigenvalue weighted by Crippen LogP contribution is -2.34. The molecule has 0 spiro atoms. The number of ether oxygens (including phenoxy) is 1. The fraction of sp³-hybridized carbons (Fsp3) is 0.269. The van der Waals surface area contributed by atoms with Crippen LogP contribution in [0.4, 0.5) is 0 Å². The van der Waals surface area contributed by atoms with E-state index in [4.69, 9.17) is 4.74 Å². The third-order valence-corrected chi connectivity index (χ3v) is 5.83. The summed E-state index contributed by atoms with van der Waals surface area (Å²) >= 11 is 0. The first kappa shape index (κ1) is 19.4. The Bertz CT molecular complexity index is 885. The third kappa shape index (κ3) is 4.10. The van der Waals surface area contributed by atoms with E-state index < -0.39 is 5.41 Å². The van der Waals surface area contributed by atoms with Crippen LogP contribution in [0.5, 0.6) is 0 Å². The normalized spacial score (nSPS) is 18.0. The first-order valence-electron chi connectivity index (χ1n) is 10.2. The second-order valence-corrected chi connectivity index (χ2v) is 7.87. The Morgan fingerprint density at radius 1 is 0.862 bits per heavy atom. The number of esters is 1. The summed E-state index contributed by atoms with van der Waals surface area (Å²) in [5, 5.41) is 0. The summed E-state index contributed by atoms with van der Waals surface area (Å²) in [5.41, 5.74) is 2.61. The Hall–Kier alpha value is -2.91. The number of carbonyl (C=O) groups is 1. The largest absolute Gasteiger partial charge is 0.460 e. The van der Waals surface area contributed by atoms with Crippen molar-refractivity contribution >= 4 is 5.97 Å². The zero-order chi connectivity index (χ0) is 20.1. The molecule has 0 saturated carbocycles. The molecule has 1 fully saturated rings. The van der Waals surface area contributed by atoms with Gasteiger partial charge in [-0.25, -0.2) is 0 Å². The maximum absolute atomic E-state index is 13.2. The van der Waals surface area contributed by atoms with E-state index in [-0.39, 0.29) is 12.1 Å². The summed E-state index contributed by atoms with van der Waals surface area (Å²) in [4.78, 5) is 15.5. The minimum atomic E-state index is -0.729. The average molecular weight is 386 g/mol. The van der Waals surface area contributed by atoms with Crippen molar-refractivity contribution in [3.8, 4) is 0 Å². The molecule has 4 rings (SSSR count). The number of rotatable bonds is 7. The third-order valence-electron chi connectivity index (χ3n) is 5.83. The zero-order valence-corrected chi connectivity index (χ0v) is 16.8. The van der Waals surface area contributed by atoms with E-state index in [1.807, 2.05) is 66.7 Å². The second kappa shape index (κ2) is 8.62. The molecule has 3 heteroatoms. The molecule has 0 bridgehead atoms. The topological polar surface area (TPSA) is 29.5 Å². The van der Waals surface area contributed by atoms with Gasteiger partial charge in [0, 0.05) is 19.5 Å². The van der Waals surface area contributed by atoms with Crippen molar-refractivity contribution in [1.29, 1.82) is 0 Å². The highest BCUT2D eigenvalue weighted by molar-refractivity contribution is 5.89. The molecule has 1 unspecified atom stereocenters. The Morgan fingerprint density at radius 2 is 1.38 bits per heavy atom. The molecule has 0 aromatic heterocycles. The van der Waals surface area contributed by atoms with Gasteiger partial charge in [0.2, 0.25) is 0 Å². The predicted octanol–water partition coefficient (Wildman–Crippen LogP) is 4.46. The van der Waals surface area contributed by atoms with Gasteiger partial charge in [0.1, 0.15) is 11.5 Å². The van der Waals surface area contributed by atoms with E-state index in [2.05, 4.69) is 36.2 Å². The van der Waals surface area contributed by atoms with Crippen LogP contribution in [0.1, 0.15) is 23.1 Å². The summed E-state index contributed by atoms with van der Waals surface area (Å²) in [6, 6.07) is 30.6. The summed E-state index contributed by atoms with van der Waals surface area (Å²) in [6.07, 6.45) is 1.53. The molecule has 148 valence electrons. The fourth-order valence-electron chi connectivity index (χ4n) is 4.31. The smallest absolute Gasteiger partial charge is 0.321 e. The van der Waals surface area contributed by atoms with Crippen molar-refractivity contribution in [2.45, 2.75) is 24.4 Å². The van der Waals surface area contributed by atoms with Crippen LogP contribution < -0.4 is 0 Å². The van der Waals surface area contributed by atoms with E-state index in [9.17, 15) is 4.79 Å². The summed E-state index contributed by atoms with van der Waals surface area (Å²) in [6.45, 7) is 1.67. The van der Waals surface area contributed by atoms with E-state index in [0.29, 0.717) is 6.42 Å². The Balaban J connectivity index is 1.51. The molecule has 1 aliphatic rings. The molecule has 29 heavy (non-hydrogen) atoms. The molecular formula is C26H27NO2. The molecule has 1 aliphatic heterocycles. The number of carbonyl (C=O) groups excluding carboxylic acids is 1. The number of cyclic esters (lactones) is 1. The number of nitrogens with zero attached hydrogens (tertiary/aromatic N) is 1. The van der Waals surface area contributed by atoms with Crippen molar-refractivity contribution in [1.82, 2.24) is 4.90 Å². The standard InChI is InChI=1S/C26H27NO2/c1-27(18-17-21-11-5-2-6-12-21)20-24-19-26(25(28)29-24,22-13-7-3-8-14-22)23-15-9-4-10-16-23/h2-16,24H,17-20H2,1H3. The lowest BCUT2D eigenvalue weighted by molar-refractivity contribution is -0.145. The minimum Gasteiger partial charge on any atom is -0.460 e. The van der Waals surface area contributed by atoms with Crippen molar-refractivity contribution in [3.05, 3.63) is 108 Å². The van der Waals surface area contributed by atoms with Gasteiger partial charge in [0.15, 0.2) is 0 Å². The van der Waals surface area contributed by atoms with Gasteiger partial charge in [-0.05, 0) is 30.2 Å². The highest BCUT2D eigenvalue weighted by atomic mass is 16.6. The van der Waals surface area contributed by atoms with Gasteiger partial charge >= 0.3 is 5.97 Å². The molecule has 3 nitrogen and oxygen atoms in total. The SMILES string of the molecule is CN(CCc1ccccc1)CC1CC(c2ccccc2)(c2ccccc2)C(=O)O1. The number of benzene rings is 3. The van der Waals surface area contributed by atoms with Gasteiger partial charge in [0.25, 0.3) is 0 Å². The maximum atomic E-state index is 13.2. The van der Waals surface area contributed by atoms with Crippen LogP contribution in [0.2, 0.25) is 0 Å². The minimum absolute atomic E-state index is 0.122. The average Bonchev–Trinajstić information content (AvgIpc) is 3.11. The van der Waals surface area contributed by atoms with Gasteiger partial charge in [-0.2, -0.15) is 0 Å². The molecule has 1 atom stereocenters. The molecular weight excluding hydrogens is 358 g/mol. The van der Waals surface area contributed by atoms with Crippen LogP contribution >= 0.6 is 0 Å². The fourth-order valence-corrected chi connectivity index (χ4v) is 4.31. The van der Waals surface area contributed by atoms with Crippen LogP contribution in [0, 0.1) is 0 Å². The van der Waals surface area contributed by atoms with Gasteiger partial charge in [0.05, 0.1) is 0 Å². The zero-order valence-electron chi connectivity index (χ0n) is 16.8.